The first kappa shape index (κ1) is 20.7. The van der Waals surface area contributed by atoms with Crippen LogP contribution in [0.2, 0.25) is 0 Å². The maximum atomic E-state index is 12.7. The Balaban J connectivity index is 1.40. The first-order valence-electron chi connectivity index (χ1n) is 10.6. The Morgan fingerprint density at radius 1 is 1.17 bits per heavy atom. The van der Waals surface area contributed by atoms with Gasteiger partial charge in [-0.15, -0.1) is 0 Å². The number of imidazole rings is 1. The Hall–Kier alpha value is -2.57. The summed E-state index contributed by atoms with van der Waals surface area (Å²) < 4.78 is 7.67. The van der Waals surface area contributed by atoms with Gasteiger partial charge >= 0.3 is 0 Å². The standard InChI is InChI=1S/C24H30N4O2/c1-16(2)30-8-7-28-14-21(15-28)24(29)11-22-10-20-9-18(5-6-19(20)12-26-22)23-13-25-17(3)27(23)4/h5-6,9-10,12-13,16,21H,7-8,11,14-15H2,1-4H3. The summed E-state index contributed by atoms with van der Waals surface area (Å²) in [6.45, 7) is 9.36. The Kier molecular flexibility index (Phi) is 5.97. The summed E-state index contributed by atoms with van der Waals surface area (Å²) in [5.74, 6) is 1.38. The number of nitrogens with zero attached hydrogens (tertiary/aromatic N) is 4. The van der Waals surface area contributed by atoms with Crippen LogP contribution in [0.3, 0.4) is 0 Å². The number of pyridine rings is 1. The van der Waals surface area contributed by atoms with Crippen LogP contribution in [0.15, 0.2) is 36.7 Å². The lowest BCUT2D eigenvalue weighted by molar-refractivity contribution is -0.127. The zero-order valence-electron chi connectivity index (χ0n) is 18.3. The molecule has 3 aromatic rings. The average molecular weight is 407 g/mol. The van der Waals surface area contributed by atoms with Crippen LogP contribution < -0.4 is 0 Å². The summed E-state index contributed by atoms with van der Waals surface area (Å²) in [5.41, 5.74) is 3.04. The lowest BCUT2D eigenvalue weighted by Crippen LogP contribution is -2.51. The zero-order chi connectivity index (χ0) is 21.3. The van der Waals surface area contributed by atoms with Gasteiger partial charge in [0.2, 0.25) is 0 Å². The molecule has 3 heterocycles. The minimum absolute atomic E-state index is 0.116. The largest absolute Gasteiger partial charge is 0.377 e. The number of Topliss-reactive ketones (excluding diaryl/α,β-unsaturated/α-hetero) is 1. The summed E-state index contributed by atoms with van der Waals surface area (Å²) in [4.78, 5) is 23.9. The number of benzene rings is 1. The van der Waals surface area contributed by atoms with E-state index in [9.17, 15) is 4.79 Å². The fourth-order valence-electron chi connectivity index (χ4n) is 3.91. The van der Waals surface area contributed by atoms with Crippen molar-refractivity contribution in [3.63, 3.8) is 0 Å². The lowest BCUT2D eigenvalue weighted by Gasteiger charge is -2.38. The predicted octanol–water partition coefficient (Wildman–Crippen LogP) is 3.41. The van der Waals surface area contributed by atoms with Gasteiger partial charge in [0.05, 0.1) is 24.6 Å². The van der Waals surface area contributed by atoms with Gasteiger partial charge in [0, 0.05) is 61.9 Å². The third kappa shape index (κ3) is 4.45. The molecule has 0 aliphatic carbocycles. The van der Waals surface area contributed by atoms with E-state index in [4.69, 9.17) is 4.74 Å². The number of likely N-dealkylation sites (tertiary alicyclic amines) is 1. The van der Waals surface area contributed by atoms with E-state index in [1.807, 2.05) is 46.3 Å². The van der Waals surface area contributed by atoms with E-state index in [1.165, 1.54) is 0 Å². The number of carbonyl (C=O) groups is 1. The zero-order valence-corrected chi connectivity index (χ0v) is 18.3. The van der Waals surface area contributed by atoms with Crippen molar-refractivity contribution in [2.45, 2.75) is 33.3 Å². The minimum atomic E-state index is 0.116. The second-order valence-corrected chi connectivity index (χ2v) is 8.51. The molecule has 158 valence electrons. The van der Waals surface area contributed by atoms with E-state index in [0.29, 0.717) is 6.42 Å². The van der Waals surface area contributed by atoms with Crippen molar-refractivity contribution in [1.82, 2.24) is 19.4 Å². The number of hydrogen-bond acceptors (Lipinski definition) is 5. The summed E-state index contributed by atoms with van der Waals surface area (Å²) in [5, 5.41) is 2.18. The van der Waals surface area contributed by atoms with Crippen LogP contribution in [0.1, 0.15) is 25.4 Å². The molecule has 0 amide bonds. The van der Waals surface area contributed by atoms with Crippen LogP contribution in [0.4, 0.5) is 0 Å². The van der Waals surface area contributed by atoms with Gasteiger partial charge in [-0.3, -0.25) is 14.7 Å². The topological polar surface area (TPSA) is 60.3 Å². The fraction of sp³-hybridized carbons (Fsp3) is 0.458. The molecule has 0 N–H and O–H groups in total. The van der Waals surface area contributed by atoms with Gasteiger partial charge in [-0.2, -0.15) is 0 Å². The Labute approximate surface area is 177 Å². The third-order valence-electron chi connectivity index (χ3n) is 5.92. The smallest absolute Gasteiger partial charge is 0.144 e. The summed E-state index contributed by atoms with van der Waals surface area (Å²) in [6, 6.07) is 8.38. The van der Waals surface area contributed by atoms with Crippen LogP contribution in [-0.2, 0) is 23.0 Å². The molecule has 0 atom stereocenters. The molecule has 1 aliphatic heterocycles. The molecule has 1 aromatic carbocycles. The number of hydrogen-bond donors (Lipinski definition) is 0. The molecule has 2 aromatic heterocycles. The SMILES string of the molecule is Cc1ncc(-c2ccc3cnc(CC(=O)C4CN(CCOC(C)C)C4)cc3c2)n1C. The first-order chi connectivity index (χ1) is 14.4. The second-order valence-electron chi connectivity index (χ2n) is 8.51. The van der Waals surface area contributed by atoms with Gasteiger partial charge in [-0.25, -0.2) is 4.98 Å². The van der Waals surface area contributed by atoms with Gasteiger partial charge < -0.3 is 9.30 Å². The molecule has 30 heavy (non-hydrogen) atoms. The van der Waals surface area contributed by atoms with Crippen LogP contribution in [-0.4, -0.2) is 57.6 Å². The lowest BCUT2D eigenvalue weighted by atomic mass is 9.92. The molecule has 6 nitrogen and oxygen atoms in total. The maximum Gasteiger partial charge on any atom is 0.144 e. The number of aromatic nitrogens is 3. The van der Waals surface area contributed by atoms with Crippen molar-refractivity contribution in [2.24, 2.45) is 13.0 Å². The molecule has 0 radical (unpaired) electrons. The number of rotatable bonds is 8. The highest BCUT2D eigenvalue weighted by Crippen LogP contribution is 2.25. The molecule has 6 heteroatoms. The predicted molar refractivity (Wildman–Crippen MR) is 118 cm³/mol. The van der Waals surface area contributed by atoms with E-state index >= 15 is 0 Å². The number of ketones is 1. The Bertz CT molecular complexity index is 1050. The minimum Gasteiger partial charge on any atom is -0.377 e. The van der Waals surface area contributed by atoms with Gasteiger partial charge in [0.1, 0.15) is 11.6 Å². The Morgan fingerprint density at radius 3 is 2.67 bits per heavy atom. The van der Waals surface area contributed by atoms with Crippen LogP contribution in [0, 0.1) is 12.8 Å². The summed E-state index contributed by atoms with van der Waals surface area (Å²) >= 11 is 0. The normalized spacial score (nSPS) is 15.1. The molecule has 1 aliphatic rings. The molecule has 0 spiro atoms. The first-order valence-corrected chi connectivity index (χ1v) is 10.6. The maximum absolute atomic E-state index is 12.7. The summed E-state index contributed by atoms with van der Waals surface area (Å²) in [7, 11) is 2.02. The molecule has 1 saturated heterocycles. The highest BCUT2D eigenvalue weighted by atomic mass is 16.5. The van der Waals surface area contributed by atoms with E-state index in [0.717, 1.165) is 59.8 Å². The van der Waals surface area contributed by atoms with E-state index in [2.05, 4.69) is 37.6 Å². The molecule has 0 unspecified atom stereocenters. The average Bonchev–Trinajstić information content (AvgIpc) is 3.01. The van der Waals surface area contributed by atoms with Crippen molar-refractivity contribution >= 4 is 16.6 Å². The second kappa shape index (κ2) is 8.66. The number of ether oxygens (including phenoxy) is 1. The van der Waals surface area contributed by atoms with Crippen LogP contribution in [0.5, 0.6) is 0 Å². The van der Waals surface area contributed by atoms with E-state index in [1.54, 1.807) is 0 Å². The van der Waals surface area contributed by atoms with Crippen molar-refractivity contribution in [2.75, 3.05) is 26.2 Å². The van der Waals surface area contributed by atoms with E-state index in [-0.39, 0.29) is 17.8 Å². The van der Waals surface area contributed by atoms with Gasteiger partial charge in [0.15, 0.2) is 0 Å². The highest BCUT2D eigenvalue weighted by molar-refractivity contribution is 5.88. The van der Waals surface area contributed by atoms with Crippen molar-refractivity contribution in [3.8, 4) is 11.3 Å². The number of aryl methyl sites for hydroxylation is 1. The van der Waals surface area contributed by atoms with Crippen LogP contribution in [0.25, 0.3) is 22.0 Å². The van der Waals surface area contributed by atoms with Gasteiger partial charge in [-0.1, -0.05) is 12.1 Å². The number of fused-ring (bicyclic) bond motifs is 1. The summed E-state index contributed by atoms with van der Waals surface area (Å²) in [6.07, 6.45) is 4.42. The Morgan fingerprint density at radius 2 is 1.97 bits per heavy atom. The molecule has 0 bridgehead atoms. The van der Waals surface area contributed by atoms with Crippen molar-refractivity contribution < 1.29 is 9.53 Å². The van der Waals surface area contributed by atoms with Crippen molar-refractivity contribution in [3.05, 3.63) is 48.2 Å². The number of carbonyl (C=O) groups excluding carboxylic acids is 1. The van der Waals surface area contributed by atoms with Crippen LogP contribution >= 0.6 is 0 Å². The molecular formula is C24H30N4O2. The third-order valence-corrected chi connectivity index (χ3v) is 5.92. The molecule has 0 saturated carbocycles. The van der Waals surface area contributed by atoms with E-state index < -0.39 is 0 Å². The monoisotopic (exact) mass is 406 g/mol. The van der Waals surface area contributed by atoms with Gasteiger partial charge in [-0.05, 0) is 38.3 Å². The highest BCUT2D eigenvalue weighted by Gasteiger charge is 2.32. The van der Waals surface area contributed by atoms with Gasteiger partial charge in [0.25, 0.3) is 0 Å². The molecule has 4 rings (SSSR count). The quantitative estimate of drug-likeness (QED) is 0.574. The fourth-order valence-corrected chi connectivity index (χ4v) is 3.91. The molecule has 1 fully saturated rings. The molecular weight excluding hydrogens is 376 g/mol. The van der Waals surface area contributed by atoms with Crippen molar-refractivity contribution in [1.29, 1.82) is 0 Å².